The van der Waals surface area contributed by atoms with Crippen LogP contribution in [0, 0.1) is 0 Å². The Kier molecular flexibility index (Phi) is 7.46. The maximum absolute atomic E-state index is 11.7. The first-order chi connectivity index (χ1) is 9.72. The molecule has 0 aliphatic heterocycles. The third kappa shape index (κ3) is 5.07. The summed E-state index contributed by atoms with van der Waals surface area (Å²) in [5.74, 6) is 0.699. The molecule has 0 spiro atoms. The van der Waals surface area contributed by atoms with Crippen molar-refractivity contribution in [2.75, 3.05) is 34.4 Å². The van der Waals surface area contributed by atoms with Gasteiger partial charge in [0, 0.05) is 19.8 Å². The van der Waals surface area contributed by atoms with Crippen molar-refractivity contribution < 1.29 is 28.5 Å². The van der Waals surface area contributed by atoms with Crippen molar-refractivity contribution in [3.05, 3.63) is 23.8 Å². The molecule has 0 radical (unpaired) electrons. The highest BCUT2D eigenvalue weighted by Crippen LogP contribution is 2.29. The molecule has 0 aromatic heterocycles. The van der Waals surface area contributed by atoms with Crippen LogP contribution in [0.3, 0.4) is 0 Å². The fourth-order valence-electron chi connectivity index (χ4n) is 1.59. The van der Waals surface area contributed by atoms with Crippen LogP contribution in [0.1, 0.15) is 12.5 Å². The molecular weight excluding hydrogens is 264 g/mol. The second kappa shape index (κ2) is 9.17. The van der Waals surface area contributed by atoms with Crippen LogP contribution < -0.4 is 9.47 Å². The van der Waals surface area contributed by atoms with Gasteiger partial charge in [-0.3, -0.25) is 4.79 Å². The van der Waals surface area contributed by atoms with E-state index in [-0.39, 0.29) is 26.0 Å². The number of ether oxygens (including phenoxy) is 5. The van der Waals surface area contributed by atoms with Gasteiger partial charge in [0.1, 0.15) is 11.5 Å². The van der Waals surface area contributed by atoms with Gasteiger partial charge in [-0.05, 0) is 19.1 Å². The summed E-state index contributed by atoms with van der Waals surface area (Å²) in [6.45, 7) is 2.26. The Morgan fingerprint density at radius 1 is 1.05 bits per heavy atom. The summed E-state index contributed by atoms with van der Waals surface area (Å²) in [5, 5.41) is 0. The number of benzene rings is 1. The van der Waals surface area contributed by atoms with Crippen molar-refractivity contribution in [3.63, 3.8) is 0 Å². The Morgan fingerprint density at radius 2 is 1.60 bits per heavy atom. The fraction of sp³-hybridized carbons (Fsp3) is 0.500. The van der Waals surface area contributed by atoms with Gasteiger partial charge in [0.15, 0.2) is 13.6 Å². The minimum Gasteiger partial charge on any atom is -0.467 e. The van der Waals surface area contributed by atoms with Crippen LogP contribution in [-0.2, 0) is 25.4 Å². The number of hydrogen-bond acceptors (Lipinski definition) is 6. The summed E-state index contributed by atoms with van der Waals surface area (Å²) >= 11 is 0. The highest BCUT2D eigenvalue weighted by Gasteiger charge is 2.16. The molecule has 0 saturated carbocycles. The molecule has 1 rings (SSSR count). The number of hydrogen-bond donors (Lipinski definition) is 0. The molecule has 0 unspecified atom stereocenters. The van der Waals surface area contributed by atoms with Crippen LogP contribution >= 0.6 is 0 Å². The van der Waals surface area contributed by atoms with E-state index >= 15 is 0 Å². The highest BCUT2D eigenvalue weighted by molar-refractivity contribution is 5.75. The maximum atomic E-state index is 11.7. The average molecular weight is 284 g/mol. The van der Waals surface area contributed by atoms with Crippen molar-refractivity contribution in [1.82, 2.24) is 0 Å². The zero-order chi connectivity index (χ0) is 14.8. The lowest BCUT2D eigenvalue weighted by molar-refractivity contribution is -0.142. The number of esters is 1. The van der Waals surface area contributed by atoms with Gasteiger partial charge in [0.2, 0.25) is 0 Å². The smallest absolute Gasteiger partial charge is 0.310 e. The fourth-order valence-corrected chi connectivity index (χ4v) is 1.59. The summed E-state index contributed by atoms with van der Waals surface area (Å²) in [6, 6.07) is 5.26. The van der Waals surface area contributed by atoms with E-state index in [1.165, 1.54) is 14.2 Å². The van der Waals surface area contributed by atoms with Crippen LogP contribution in [0.4, 0.5) is 0 Å². The van der Waals surface area contributed by atoms with E-state index in [1.54, 1.807) is 25.1 Å². The standard InChI is InChI=1S/C14H20O6/c1-4-18-14(15)8-11-12(19-9-16-2)6-5-7-13(11)20-10-17-3/h5-7H,4,8-10H2,1-3H3. The summed E-state index contributed by atoms with van der Waals surface area (Å²) < 4.78 is 25.6. The largest absolute Gasteiger partial charge is 0.467 e. The maximum Gasteiger partial charge on any atom is 0.310 e. The molecule has 0 saturated heterocycles. The lowest BCUT2D eigenvalue weighted by Crippen LogP contribution is -2.12. The average Bonchev–Trinajstić information content (AvgIpc) is 2.45. The molecule has 0 heterocycles. The van der Waals surface area contributed by atoms with Gasteiger partial charge in [-0.1, -0.05) is 6.07 Å². The molecule has 0 bridgehead atoms. The minimum absolute atomic E-state index is 0.0623. The summed E-state index contributed by atoms with van der Waals surface area (Å²) in [5.41, 5.74) is 0.611. The van der Waals surface area contributed by atoms with E-state index in [1.807, 2.05) is 0 Å². The molecule has 0 atom stereocenters. The first kappa shape index (κ1) is 16.3. The minimum atomic E-state index is -0.344. The van der Waals surface area contributed by atoms with E-state index in [0.717, 1.165) is 0 Å². The van der Waals surface area contributed by atoms with Gasteiger partial charge >= 0.3 is 5.97 Å². The van der Waals surface area contributed by atoms with Gasteiger partial charge in [0.05, 0.1) is 13.0 Å². The Labute approximate surface area is 118 Å². The Bertz CT molecular complexity index is 392. The molecule has 0 aliphatic carbocycles. The van der Waals surface area contributed by atoms with E-state index in [0.29, 0.717) is 23.7 Å². The van der Waals surface area contributed by atoms with Gasteiger partial charge in [-0.25, -0.2) is 0 Å². The second-order valence-electron chi connectivity index (χ2n) is 3.82. The van der Waals surface area contributed by atoms with Gasteiger partial charge < -0.3 is 23.7 Å². The molecule has 0 amide bonds. The molecule has 20 heavy (non-hydrogen) atoms. The zero-order valence-electron chi connectivity index (χ0n) is 12.0. The third-order valence-corrected chi connectivity index (χ3v) is 2.38. The molecule has 6 nitrogen and oxygen atoms in total. The number of rotatable bonds is 9. The van der Waals surface area contributed by atoms with Crippen LogP contribution in [0.15, 0.2) is 18.2 Å². The number of carbonyl (C=O) groups excluding carboxylic acids is 1. The summed E-state index contributed by atoms with van der Waals surface area (Å²) in [7, 11) is 3.05. The van der Waals surface area contributed by atoms with Crippen molar-refractivity contribution in [3.8, 4) is 11.5 Å². The molecule has 0 N–H and O–H groups in total. The van der Waals surface area contributed by atoms with E-state index < -0.39 is 0 Å². The Balaban J connectivity index is 2.94. The molecule has 1 aromatic carbocycles. The molecule has 0 fully saturated rings. The molecule has 112 valence electrons. The van der Waals surface area contributed by atoms with Crippen molar-refractivity contribution in [1.29, 1.82) is 0 Å². The number of methoxy groups -OCH3 is 2. The quantitative estimate of drug-likeness (QED) is 0.508. The second-order valence-corrected chi connectivity index (χ2v) is 3.82. The van der Waals surface area contributed by atoms with Gasteiger partial charge in [0.25, 0.3) is 0 Å². The molecule has 6 heteroatoms. The third-order valence-electron chi connectivity index (χ3n) is 2.38. The van der Waals surface area contributed by atoms with Crippen molar-refractivity contribution in [2.24, 2.45) is 0 Å². The summed E-state index contributed by atoms with van der Waals surface area (Å²) in [4.78, 5) is 11.7. The molecular formula is C14H20O6. The first-order valence-corrected chi connectivity index (χ1v) is 6.23. The van der Waals surface area contributed by atoms with Crippen molar-refractivity contribution in [2.45, 2.75) is 13.3 Å². The zero-order valence-corrected chi connectivity index (χ0v) is 12.0. The Morgan fingerprint density at radius 3 is 2.05 bits per heavy atom. The predicted octanol–water partition coefficient (Wildman–Crippen LogP) is 1.76. The highest BCUT2D eigenvalue weighted by atomic mass is 16.7. The summed E-state index contributed by atoms with van der Waals surface area (Å²) in [6.07, 6.45) is 0.0623. The lowest BCUT2D eigenvalue weighted by Gasteiger charge is -2.15. The van der Waals surface area contributed by atoms with Gasteiger partial charge in [-0.2, -0.15) is 0 Å². The monoisotopic (exact) mass is 284 g/mol. The SMILES string of the molecule is CCOC(=O)Cc1c(OCOC)cccc1OCOC. The van der Waals surface area contributed by atoms with E-state index in [9.17, 15) is 4.79 Å². The van der Waals surface area contributed by atoms with E-state index in [4.69, 9.17) is 23.7 Å². The Hall–Kier alpha value is -1.79. The van der Waals surface area contributed by atoms with Crippen molar-refractivity contribution >= 4 is 5.97 Å². The normalized spacial score (nSPS) is 10.2. The van der Waals surface area contributed by atoms with Crippen LogP contribution in [0.5, 0.6) is 11.5 Å². The van der Waals surface area contributed by atoms with Gasteiger partial charge in [-0.15, -0.1) is 0 Å². The number of carbonyl (C=O) groups is 1. The van der Waals surface area contributed by atoms with Crippen LogP contribution in [0.25, 0.3) is 0 Å². The molecule has 0 aliphatic rings. The van der Waals surface area contributed by atoms with E-state index in [2.05, 4.69) is 0 Å². The lowest BCUT2D eigenvalue weighted by atomic mass is 10.1. The topological polar surface area (TPSA) is 63.2 Å². The molecule has 1 aromatic rings. The van der Waals surface area contributed by atoms with Crippen LogP contribution in [0.2, 0.25) is 0 Å². The first-order valence-electron chi connectivity index (χ1n) is 6.23. The van der Waals surface area contributed by atoms with Crippen LogP contribution in [-0.4, -0.2) is 40.4 Å². The predicted molar refractivity (Wildman–Crippen MR) is 71.8 cm³/mol.